The van der Waals surface area contributed by atoms with E-state index < -0.39 is 11.9 Å². The van der Waals surface area contributed by atoms with Crippen molar-refractivity contribution in [1.82, 2.24) is 0 Å². The molecule has 0 aliphatic rings. The molecule has 0 aromatic heterocycles. The Morgan fingerprint density at radius 1 is 1.00 bits per heavy atom. The van der Waals surface area contributed by atoms with E-state index in [1.165, 1.54) is 0 Å². The molecule has 17 heavy (non-hydrogen) atoms. The number of hydrogen-bond acceptors (Lipinski definition) is 4. The van der Waals surface area contributed by atoms with Gasteiger partial charge in [0, 0.05) is 26.1 Å². The number of carbonyl (C=O) groups is 2. The molecule has 0 saturated heterocycles. The number of carboxylic acid groups (broad SMARTS) is 2. The van der Waals surface area contributed by atoms with Crippen LogP contribution in [0.15, 0.2) is 0 Å². The highest BCUT2D eigenvalue weighted by molar-refractivity contribution is 5.69. The molecule has 0 aromatic rings. The standard InChI is InChI=1S/C6H14O2.C5H8O4/c1-6(5-8)3-2-4-7;6-4(7)2-1-3-5(8)9/h6-8H,2-5H2,1H3;1-3H2,(H,6,7)(H,8,9). The van der Waals surface area contributed by atoms with Crippen molar-refractivity contribution in [2.24, 2.45) is 5.92 Å². The second kappa shape index (κ2) is 12.9. The molecule has 6 heteroatoms. The van der Waals surface area contributed by atoms with Crippen molar-refractivity contribution in [3.05, 3.63) is 0 Å². The molecule has 0 bridgehead atoms. The summed E-state index contributed by atoms with van der Waals surface area (Å²) in [6.07, 6.45) is 1.82. The van der Waals surface area contributed by atoms with E-state index in [2.05, 4.69) is 0 Å². The average molecular weight is 250 g/mol. The molecule has 0 aliphatic carbocycles. The van der Waals surface area contributed by atoms with E-state index in [0.29, 0.717) is 5.92 Å². The zero-order chi connectivity index (χ0) is 13.7. The Bertz CT molecular complexity index is 190. The van der Waals surface area contributed by atoms with Crippen LogP contribution < -0.4 is 0 Å². The second-order valence-corrected chi connectivity index (χ2v) is 3.79. The predicted molar refractivity (Wildman–Crippen MR) is 61.7 cm³/mol. The molecular formula is C11H22O6. The molecule has 0 heterocycles. The van der Waals surface area contributed by atoms with E-state index in [1.807, 2.05) is 6.92 Å². The molecule has 0 saturated carbocycles. The predicted octanol–water partition coefficient (Wildman–Crippen LogP) is 0.713. The lowest BCUT2D eigenvalue weighted by atomic mass is 10.1. The zero-order valence-electron chi connectivity index (χ0n) is 10.1. The SMILES string of the molecule is CC(CO)CCCO.O=C(O)CCCC(=O)O. The molecule has 1 unspecified atom stereocenters. The highest BCUT2D eigenvalue weighted by atomic mass is 16.4. The van der Waals surface area contributed by atoms with Gasteiger partial charge in [0.1, 0.15) is 0 Å². The van der Waals surface area contributed by atoms with Crippen molar-refractivity contribution >= 4 is 11.9 Å². The molecule has 0 radical (unpaired) electrons. The van der Waals surface area contributed by atoms with E-state index in [1.54, 1.807) is 0 Å². The lowest BCUT2D eigenvalue weighted by Crippen LogP contribution is -2.00. The van der Waals surface area contributed by atoms with Gasteiger partial charge >= 0.3 is 11.9 Å². The summed E-state index contributed by atoms with van der Waals surface area (Å²) < 4.78 is 0. The van der Waals surface area contributed by atoms with Crippen LogP contribution in [0.5, 0.6) is 0 Å². The summed E-state index contributed by atoms with van der Waals surface area (Å²) >= 11 is 0. The van der Waals surface area contributed by atoms with Crippen LogP contribution in [-0.4, -0.2) is 45.6 Å². The van der Waals surface area contributed by atoms with Crippen molar-refractivity contribution in [3.8, 4) is 0 Å². The number of carboxylic acids is 2. The van der Waals surface area contributed by atoms with Crippen LogP contribution in [-0.2, 0) is 9.59 Å². The smallest absolute Gasteiger partial charge is 0.303 e. The zero-order valence-corrected chi connectivity index (χ0v) is 10.1. The van der Waals surface area contributed by atoms with Crippen LogP contribution in [0, 0.1) is 5.92 Å². The maximum Gasteiger partial charge on any atom is 0.303 e. The molecule has 6 nitrogen and oxygen atoms in total. The topological polar surface area (TPSA) is 115 Å². The van der Waals surface area contributed by atoms with Gasteiger partial charge in [-0.1, -0.05) is 6.92 Å². The van der Waals surface area contributed by atoms with Crippen molar-refractivity contribution in [3.63, 3.8) is 0 Å². The number of aliphatic carboxylic acids is 2. The Kier molecular flexibility index (Phi) is 13.9. The monoisotopic (exact) mass is 250 g/mol. The molecule has 102 valence electrons. The summed E-state index contributed by atoms with van der Waals surface area (Å²) in [5, 5.41) is 32.9. The number of hydrogen-bond donors (Lipinski definition) is 4. The van der Waals surface area contributed by atoms with Gasteiger partial charge in [-0.25, -0.2) is 0 Å². The average Bonchev–Trinajstić information content (AvgIpc) is 2.25. The molecule has 0 rings (SSSR count). The largest absolute Gasteiger partial charge is 0.481 e. The first-order chi connectivity index (χ1) is 7.93. The van der Waals surface area contributed by atoms with Crippen LogP contribution in [0.2, 0.25) is 0 Å². The summed E-state index contributed by atoms with van der Waals surface area (Å²) in [5.41, 5.74) is 0. The van der Waals surface area contributed by atoms with Crippen LogP contribution in [0.1, 0.15) is 39.0 Å². The molecule has 0 spiro atoms. The van der Waals surface area contributed by atoms with Crippen LogP contribution in [0.25, 0.3) is 0 Å². The maximum absolute atomic E-state index is 9.79. The summed E-state index contributed by atoms with van der Waals surface area (Å²) in [7, 11) is 0. The first kappa shape index (κ1) is 18.2. The van der Waals surface area contributed by atoms with Crippen molar-refractivity contribution in [2.45, 2.75) is 39.0 Å². The van der Waals surface area contributed by atoms with Crippen molar-refractivity contribution in [1.29, 1.82) is 0 Å². The van der Waals surface area contributed by atoms with E-state index in [9.17, 15) is 9.59 Å². The van der Waals surface area contributed by atoms with Crippen LogP contribution >= 0.6 is 0 Å². The number of aliphatic hydroxyl groups is 2. The van der Waals surface area contributed by atoms with E-state index >= 15 is 0 Å². The molecule has 0 aliphatic heterocycles. The Labute approximate surface area is 101 Å². The quantitative estimate of drug-likeness (QED) is 0.504. The van der Waals surface area contributed by atoms with Crippen LogP contribution in [0.3, 0.4) is 0 Å². The Morgan fingerprint density at radius 3 is 1.76 bits per heavy atom. The second-order valence-electron chi connectivity index (χ2n) is 3.79. The Balaban J connectivity index is 0. The highest BCUT2D eigenvalue weighted by Crippen LogP contribution is 2.01. The van der Waals surface area contributed by atoms with Gasteiger partial charge in [0.2, 0.25) is 0 Å². The van der Waals surface area contributed by atoms with E-state index in [0.717, 1.165) is 12.8 Å². The van der Waals surface area contributed by atoms with Crippen molar-refractivity contribution in [2.75, 3.05) is 13.2 Å². The Morgan fingerprint density at radius 2 is 1.47 bits per heavy atom. The molecule has 0 fully saturated rings. The normalized spacial score (nSPS) is 11.2. The van der Waals surface area contributed by atoms with Gasteiger partial charge in [0.05, 0.1) is 0 Å². The summed E-state index contributed by atoms with van der Waals surface area (Å²) in [5.74, 6) is -1.55. The minimum Gasteiger partial charge on any atom is -0.481 e. The van der Waals surface area contributed by atoms with E-state index in [-0.39, 0.29) is 32.5 Å². The third-order valence-electron chi connectivity index (χ3n) is 1.95. The lowest BCUT2D eigenvalue weighted by molar-refractivity contribution is -0.138. The van der Waals surface area contributed by atoms with Gasteiger partial charge in [0.25, 0.3) is 0 Å². The number of aliphatic hydroxyl groups excluding tert-OH is 2. The molecule has 4 N–H and O–H groups in total. The molecular weight excluding hydrogens is 228 g/mol. The molecule has 1 atom stereocenters. The first-order valence-corrected chi connectivity index (χ1v) is 5.59. The van der Waals surface area contributed by atoms with Gasteiger partial charge in [-0.15, -0.1) is 0 Å². The van der Waals surface area contributed by atoms with Gasteiger partial charge in [-0.05, 0) is 25.2 Å². The lowest BCUT2D eigenvalue weighted by Gasteiger charge is -2.03. The van der Waals surface area contributed by atoms with Crippen LogP contribution in [0.4, 0.5) is 0 Å². The number of rotatable bonds is 8. The third kappa shape index (κ3) is 20.8. The van der Waals surface area contributed by atoms with Gasteiger partial charge in [0.15, 0.2) is 0 Å². The minimum atomic E-state index is -0.948. The van der Waals surface area contributed by atoms with Gasteiger partial charge in [-0.3, -0.25) is 9.59 Å². The van der Waals surface area contributed by atoms with Gasteiger partial charge in [-0.2, -0.15) is 0 Å². The summed E-state index contributed by atoms with van der Waals surface area (Å²) in [6.45, 7) is 2.44. The first-order valence-electron chi connectivity index (χ1n) is 5.59. The van der Waals surface area contributed by atoms with Crippen molar-refractivity contribution < 1.29 is 30.0 Å². The highest BCUT2D eigenvalue weighted by Gasteiger charge is 1.99. The fourth-order valence-corrected chi connectivity index (χ4v) is 0.922. The maximum atomic E-state index is 9.79. The van der Waals surface area contributed by atoms with E-state index in [4.69, 9.17) is 20.4 Å². The minimum absolute atomic E-state index is 0.0632. The third-order valence-corrected chi connectivity index (χ3v) is 1.95. The molecule has 0 amide bonds. The summed E-state index contributed by atoms with van der Waals surface area (Å²) in [4.78, 5) is 19.6. The fourth-order valence-electron chi connectivity index (χ4n) is 0.922. The fraction of sp³-hybridized carbons (Fsp3) is 0.818. The Hall–Kier alpha value is -1.14. The van der Waals surface area contributed by atoms with Gasteiger partial charge < -0.3 is 20.4 Å². The molecule has 0 aromatic carbocycles. The summed E-state index contributed by atoms with van der Waals surface area (Å²) in [6, 6.07) is 0.